The van der Waals surface area contributed by atoms with Gasteiger partial charge in [-0.1, -0.05) is 51.1 Å². The van der Waals surface area contributed by atoms with Crippen LogP contribution in [0.25, 0.3) is 0 Å². The van der Waals surface area contributed by atoms with Crippen LogP contribution in [0.5, 0.6) is 0 Å². The Balaban J connectivity index is 0.00000683. The number of esters is 2. The maximum absolute atomic E-state index is 15.3. The van der Waals surface area contributed by atoms with E-state index >= 15 is 4.79 Å². The Morgan fingerprint density at radius 3 is 2.23 bits per heavy atom. The summed E-state index contributed by atoms with van der Waals surface area (Å²) < 4.78 is 27.4. The van der Waals surface area contributed by atoms with Crippen LogP contribution < -0.4 is 5.32 Å². The zero-order chi connectivity index (χ0) is 43.6. The van der Waals surface area contributed by atoms with Crippen LogP contribution in [0.3, 0.4) is 0 Å². The number of fused-ring (bicyclic) bond motifs is 5. The third-order valence-corrected chi connectivity index (χ3v) is 14.3. The zero-order valence-electron chi connectivity index (χ0n) is 34.5. The minimum Gasteiger partial charge on any atom is -0.456 e. The molecule has 1 heterocycles. The molecule has 18 nitrogen and oxygen atoms in total. The molecule has 1 aromatic rings. The summed E-state index contributed by atoms with van der Waals surface area (Å²) in [5, 5.41) is 91.6. The van der Waals surface area contributed by atoms with Crippen LogP contribution in [-0.4, -0.2) is 151 Å². The molecule has 60 heavy (non-hydrogen) atoms. The smallest absolute Gasteiger partial charge is 0.407 e. The fourth-order valence-electron chi connectivity index (χ4n) is 10.8. The zero-order valence-corrected chi connectivity index (χ0v) is 39.2. The summed E-state index contributed by atoms with van der Waals surface area (Å²) in [6.07, 6.45) is -15.4. The topological polar surface area (TPSA) is 288 Å². The van der Waals surface area contributed by atoms with Crippen molar-refractivity contribution in [2.75, 3.05) is 20.3 Å². The molecule has 1 saturated heterocycles. The molecule has 1 aliphatic heterocycles. The second kappa shape index (κ2) is 18.2. The van der Waals surface area contributed by atoms with E-state index in [1.54, 1.807) is 51.1 Å². The van der Waals surface area contributed by atoms with Gasteiger partial charge < -0.3 is 69.9 Å². The number of ketones is 1. The van der Waals surface area contributed by atoms with Crippen LogP contribution >= 0.6 is 0 Å². The fraction of sp³-hybridized carbons (Fsp3) is 0.707. The van der Waals surface area contributed by atoms with Gasteiger partial charge in [0.25, 0.3) is 0 Å². The maximum Gasteiger partial charge on any atom is 0.407 e. The van der Waals surface area contributed by atoms with Crippen molar-refractivity contribution in [1.29, 1.82) is 0 Å². The number of aliphatic hydroxyl groups excluding tert-OH is 6. The molecule has 5 aliphatic rings. The summed E-state index contributed by atoms with van der Waals surface area (Å²) in [5.74, 6) is -5.69. The summed E-state index contributed by atoms with van der Waals surface area (Å²) >= 11 is 0. The number of nitrogens with one attached hydrogen (secondary N) is 1. The Morgan fingerprint density at radius 1 is 1.00 bits per heavy atom. The molecule has 4 aliphatic carbocycles. The van der Waals surface area contributed by atoms with Gasteiger partial charge >= 0.3 is 18.0 Å². The summed E-state index contributed by atoms with van der Waals surface area (Å²) in [5.41, 5.74) is -6.19. The van der Waals surface area contributed by atoms with Crippen LogP contribution in [0.2, 0.25) is 0 Å². The van der Waals surface area contributed by atoms with E-state index < -0.39 is 138 Å². The van der Waals surface area contributed by atoms with Gasteiger partial charge in [0.15, 0.2) is 24.3 Å². The minimum absolute atomic E-state index is 0. The summed E-state index contributed by atoms with van der Waals surface area (Å²) in [6, 6.07) is 6.74. The van der Waals surface area contributed by atoms with Crippen LogP contribution in [-0.2, 0) is 38.1 Å². The number of hydrogen-bond donors (Lipinski definition) is 9. The Kier molecular flexibility index (Phi) is 14.8. The normalized spacial score (nSPS) is 40.4. The molecule has 331 valence electrons. The first-order valence-electron chi connectivity index (χ1n) is 19.9. The van der Waals surface area contributed by atoms with Crippen LogP contribution in [0.15, 0.2) is 41.5 Å². The van der Waals surface area contributed by atoms with Gasteiger partial charge in [0.1, 0.15) is 37.1 Å². The minimum atomic E-state index is -2.01. The van der Waals surface area contributed by atoms with Crippen molar-refractivity contribution in [3.05, 3.63) is 47.0 Å². The molecule has 0 spiro atoms. The first-order valence-corrected chi connectivity index (χ1v) is 19.9. The van der Waals surface area contributed by atoms with Gasteiger partial charge in [-0.05, 0) is 61.7 Å². The number of carbonyl (C=O) groups excluding carboxylic acids is 4. The van der Waals surface area contributed by atoms with Gasteiger partial charge in [-0.3, -0.25) is 4.79 Å². The number of alkyl carbamates (subject to hydrolysis) is 1. The molecule has 4 fully saturated rings. The van der Waals surface area contributed by atoms with Gasteiger partial charge in [-0.25, -0.2) is 14.4 Å². The van der Waals surface area contributed by atoms with Gasteiger partial charge in [-0.2, -0.15) is 0 Å². The van der Waals surface area contributed by atoms with Crippen LogP contribution in [0.4, 0.5) is 4.79 Å². The molecule has 3 saturated carbocycles. The van der Waals surface area contributed by atoms with Crippen LogP contribution in [0, 0.1) is 72.6 Å². The molecular weight excluding hydrogens is 1010 g/mol. The summed E-state index contributed by atoms with van der Waals surface area (Å²) in [4.78, 5) is 55.3. The van der Waals surface area contributed by atoms with Crippen molar-refractivity contribution in [2.24, 2.45) is 28.6 Å². The number of ether oxygens (including phenoxy) is 5. The second-order valence-corrected chi connectivity index (χ2v) is 17.5. The van der Waals surface area contributed by atoms with Crippen molar-refractivity contribution in [1.82, 2.24) is 5.32 Å². The summed E-state index contributed by atoms with van der Waals surface area (Å²) in [6.45, 7) is 6.17. The van der Waals surface area contributed by atoms with E-state index in [2.05, 4.69) is 5.32 Å². The van der Waals surface area contributed by atoms with Gasteiger partial charge in [-0.15, -0.1) is 0 Å². The SMILES string of the molecule is COC(=O)NC(c1ccccc1)C(O)C(=O)OC1CC2(O)[C@@H](C)C3C4(O)CC[C@@H]4CC(O)[C@@]3(C)C(=O)C(OC(=O)COC3OC(CO)C(O)C(O)C3O)C(=C1C)C2(C)C.[Ac]. The number of benzene rings is 1. The van der Waals surface area contributed by atoms with Gasteiger partial charge in [0.05, 0.1) is 42.5 Å². The first-order chi connectivity index (χ1) is 27.6. The molecule has 1 amide bonds. The largest absolute Gasteiger partial charge is 0.456 e. The van der Waals surface area contributed by atoms with E-state index in [1.165, 1.54) is 13.8 Å². The molecular formula is C41H57AcNO17. The molecule has 16 atom stereocenters. The number of amides is 1. The van der Waals surface area contributed by atoms with Crippen molar-refractivity contribution >= 4 is 23.8 Å². The molecule has 1 aromatic carbocycles. The Hall–Kier alpha value is -2.12. The second-order valence-electron chi connectivity index (χ2n) is 17.5. The van der Waals surface area contributed by atoms with Gasteiger partial charge in [0.2, 0.25) is 0 Å². The van der Waals surface area contributed by atoms with E-state index in [1.807, 2.05) is 0 Å². The Labute approximate surface area is 383 Å². The van der Waals surface area contributed by atoms with Crippen LogP contribution in [0.1, 0.15) is 71.9 Å². The van der Waals surface area contributed by atoms with E-state index in [9.17, 15) is 55.2 Å². The number of carbonyl (C=O) groups is 4. The number of methoxy groups -OCH3 is 1. The number of aliphatic hydroxyl groups is 8. The Bertz CT molecular complexity index is 1810. The molecule has 9 N–H and O–H groups in total. The molecule has 2 bridgehead atoms. The number of Topliss-reactive ketones (excluding diaryl/α,β-unsaturated/α-hetero) is 1. The third-order valence-electron chi connectivity index (χ3n) is 14.3. The number of rotatable bonds is 10. The van der Waals surface area contributed by atoms with Crippen molar-refractivity contribution in [3.63, 3.8) is 0 Å². The van der Waals surface area contributed by atoms with E-state index in [-0.39, 0.29) is 74.5 Å². The van der Waals surface area contributed by atoms with Crippen molar-refractivity contribution < 1.29 is 128 Å². The molecule has 19 heteroatoms. The molecule has 6 rings (SSSR count). The molecule has 0 aromatic heterocycles. The predicted molar refractivity (Wildman–Crippen MR) is 200 cm³/mol. The standard InChI is InChI=1S/C41H57NO17.Ac/c1-18-22(57-35(51)29(47)27(42-37(52)55-6)20-10-8-7-9-11-20)15-41(54)19(2)33-39(5,24(44)14-21-12-13-40(21,33)53)34(50)32(26(18)38(41,3)4)59-25(45)17-56-36-31(49)30(48)28(46)23(16-43)58-36;/h7-11,19,21-24,27-33,36,43-44,46-49,53-54H,12-17H2,1-6H3,(H,42,52);/t19-,21+,22?,23?,24?,27?,28?,29?,30?,31?,32?,33?,36?,39+,40?,41?;/m0./s1. The monoisotopic (exact) mass is 1060 g/mol. The van der Waals surface area contributed by atoms with E-state index in [0.717, 1.165) is 7.11 Å². The van der Waals surface area contributed by atoms with Crippen molar-refractivity contribution in [2.45, 2.75) is 133 Å². The van der Waals surface area contributed by atoms with E-state index in [0.29, 0.717) is 12.0 Å². The summed E-state index contributed by atoms with van der Waals surface area (Å²) in [7, 11) is 1.11. The quantitative estimate of drug-likeness (QED) is 0.0797. The average Bonchev–Trinajstić information content (AvgIpc) is 3.20. The van der Waals surface area contributed by atoms with E-state index in [4.69, 9.17) is 23.7 Å². The maximum atomic E-state index is 15.3. The first kappa shape index (κ1) is 48.9. The molecule has 1 radical (unpaired) electrons. The third kappa shape index (κ3) is 8.02. The van der Waals surface area contributed by atoms with Crippen molar-refractivity contribution in [3.8, 4) is 0 Å². The predicted octanol–water partition coefficient (Wildman–Crippen LogP) is -0.691. The number of hydrogen-bond acceptors (Lipinski definition) is 17. The Morgan fingerprint density at radius 2 is 1.65 bits per heavy atom. The van der Waals surface area contributed by atoms with Gasteiger partial charge in [0, 0.05) is 61.8 Å². The fourth-order valence-corrected chi connectivity index (χ4v) is 10.8. The average molecular weight is 1060 g/mol. The molecule has 13 unspecified atom stereocenters.